The lowest BCUT2D eigenvalue weighted by molar-refractivity contribution is -0.122. The summed E-state index contributed by atoms with van der Waals surface area (Å²) in [7, 11) is 1.36. The molecule has 2 N–H and O–H groups in total. The molecular formula is C30H36F2N8O6. The highest BCUT2D eigenvalue weighted by Gasteiger charge is 2.40. The summed E-state index contributed by atoms with van der Waals surface area (Å²) in [5, 5.41) is 5.18. The highest BCUT2D eigenvalue weighted by Crippen LogP contribution is 2.27. The number of piperazine rings is 1. The number of carbonyl (C=O) groups is 3. The van der Waals surface area contributed by atoms with Crippen LogP contribution in [0.15, 0.2) is 36.8 Å². The van der Waals surface area contributed by atoms with Gasteiger partial charge in [0.25, 0.3) is 11.8 Å². The van der Waals surface area contributed by atoms with Gasteiger partial charge in [-0.3, -0.25) is 19.8 Å². The normalized spacial score (nSPS) is 15.5. The number of carbonyl (C=O) groups excluding carboxylic acids is 3. The number of nitrogens with zero attached hydrogens (tertiary/aromatic N) is 6. The lowest BCUT2D eigenvalue weighted by atomic mass is 9.97. The Kier molecular flexibility index (Phi) is 9.99. The molecule has 16 heteroatoms. The van der Waals surface area contributed by atoms with Crippen LogP contribution in [0.25, 0.3) is 0 Å². The van der Waals surface area contributed by atoms with Gasteiger partial charge < -0.3 is 24.4 Å². The van der Waals surface area contributed by atoms with Crippen LogP contribution in [0.5, 0.6) is 17.5 Å². The molecular weight excluding hydrogens is 606 g/mol. The van der Waals surface area contributed by atoms with Crippen molar-refractivity contribution in [2.45, 2.75) is 58.7 Å². The van der Waals surface area contributed by atoms with E-state index in [9.17, 15) is 23.2 Å². The van der Waals surface area contributed by atoms with Gasteiger partial charge in [0.15, 0.2) is 23.2 Å². The van der Waals surface area contributed by atoms with E-state index in [1.165, 1.54) is 25.7 Å². The second-order valence-corrected chi connectivity index (χ2v) is 12.1. The third-order valence-corrected chi connectivity index (χ3v) is 6.86. The van der Waals surface area contributed by atoms with E-state index in [-0.39, 0.29) is 47.3 Å². The molecule has 0 saturated carbocycles. The van der Waals surface area contributed by atoms with Crippen molar-refractivity contribution in [1.29, 1.82) is 0 Å². The molecule has 3 amide bonds. The van der Waals surface area contributed by atoms with Crippen molar-refractivity contribution in [3.63, 3.8) is 0 Å². The number of nitrogens with one attached hydrogen (secondary N) is 2. The van der Waals surface area contributed by atoms with Gasteiger partial charge in [0, 0.05) is 25.7 Å². The number of aromatic nitrogens is 4. The minimum Gasteiger partial charge on any atom is -0.478 e. The summed E-state index contributed by atoms with van der Waals surface area (Å²) in [6.07, 6.45) is 2.95. The number of benzene rings is 1. The zero-order valence-corrected chi connectivity index (χ0v) is 26.6. The van der Waals surface area contributed by atoms with Gasteiger partial charge in [-0.2, -0.15) is 0 Å². The summed E-state index contributed by atoms with van der Waals surface area (Å²) >= 11 is 0. The van der Waals surface area contributed by atoms with Crippen LogP contribution in [0.2, 0.25) is 0 Å². The molecule has 1 fully saturated rings. The summed E-state index contributed by atoms with van der Waals surface area (Å²) in [5.41, 5.74) is -1.48. The van der Waals surface area contributed by atoms with Crippen molar-refractivity contribution in [3.8, 4) is 17.5 Å². The largest absolute Gasteiger partial charge is 0.478 e. The lowest BCUT2D eigenvalue weighted by Crippen LogP contribution is -2.63. The fourth-order valence-electron chi connectivity index (χ4n) is 4.65. The molecule has 4 rings (SSSR count). The first-order valence-electron chi connectivity index (χ1n) is 14.3. The van der Waals surface area contributed by atoms with Gasteiger partial charge in [0.1, 0.15) is 17.1 Å². The van der Waals surface area contributed by atoms with Crippen LogP contribution in [0.3, 0.4) is 0 Å². The number of anilines is 2. The topological polar surface area (TPSA) is 161 Å². The van der Waals surface area contributed by atoms with E-state index in [0.29, 0.717) is 19.2 Å². The van der Waals surface area contributed by atoms with Crippen LogP contribution < -0.4 is 20.1 Å². The molecule has 1 aromatic carbocycles. The smallest absolute Gasteiger partial charge is 0.413 e. The predicted molar refractivity (Wildman–Crippen MR) is 162 cm³/mol. The van der Waals surface area contributed by atoms with E-state index < -0.39 is 40.8 Å². The summed E-state index contributed by atoms with van der Waals surface area (Å²) < 4.78 is 42.8. The molecule has 0 spiro atoms. The number of halogens is 2. The molecule has 246 valence electrons. The maximum atomic E-state index is 13.9. The average molecular weight is 643 g/mol. The summed E-state index contributed by atoms with van der Waals surface area (Å²) in [6.45, 7) is 11.6. The number of hydrogen-bond acceptors (Lipinski definition) is 11. The van der Waals surface area contributed by atoms with Gasteiger partial charge in [-0.05, 0) is 53.7 Å². The average Bonchev–Trinajstić information content (AvgIpc) is 2.97. The summed E-state index contributed by atoms with van der Waals surface area (Å²) in [6, 6.07) is 2.26. The van der Waals surface area contributed by atoms with Crippen molar-refractivity contribution in [2.24, 2.45) is 0 Å². The van der Waals surface area contributed by atoms with Crippen LogP contribution in [-0.2, 0) is 9.53 Å². The standard InChI is InChI=1S/C30H36F2N8O6/c1-17(25(41)37-22-14-34-23(15-33-22)45-21-9-8-18(31)12-19(21)32)39-10-11-40(30(5,6)16-39)27(42)20-13-35-26(44-7)24(36-20)38-28(43)46-29(2,3)4/h8-9,12-15,17H,10-11,16H2,1-7H3,(H,33,37,41)(H,36,38,43)/t17-/m0/s1. The van der Waals surface area contributed by atoms with E-state index >= 15 is 0 Å². The maximum absolute atomic E-state index is 13.9. The predicted octanol–water partition coefficient (Wildman–Crippen LogP) is 4.26. The fraction of sp³-hybridized carbons (Fsp3) is 0.433. The molecule has 3 aromatic rings. The van der Waals surface area contributed by atoms with Gasteiger partial charge in [0.05, 0.1) is 37.3 Å². The quantitative estimate of drug-likeness (QED) is 0.361. The van der Waals surface area contributed by atoms with Crippen LogP contribution >= 0.6 is 0 Å². The minimum atomic E-state index is -0.894. The number of methoxy groups -OCH3 is 1. The van der Waals surface area contributed by atoms with E-state index in [0.717, 1.165) is 12.1 Å². The van der Waals surface area contributed by atoms with Crippen LogP contribution in [0.1, 0.15) is 52.0 Å². The third-order valence-electron chi connectivity index (χ3n) is 6.86. The van der Waals surface area contributed by atoms with Crippen molar-refractivity contribution in [1.82, 2.24) is 29.7 Å². The Balaban J connectivity index is 1.37. The van der Waals surface area contributed by atoms with Crippen LogP contribution in [-0.4, -0.2) is 91.6 Å². The van der Waals surface area contributed by atoms with Crippen molar-refractivity contribution in [3.05, 3.63) is 54.1 Å². The van der Waals surface area contributed by atoms with E-state index in [2.05, 4.69) is 30.6 Å². The Bertz CT molecular complexity index is 1600. The number of rotatable bonds is 8. The second-order valence-electron chi connectivity index (χ2n) is 12.1. The van der Waals surface area contributed by atoms with Gasteiger partial charge >= 0.3 is 6.09 Å². The summed E-state index contributed by atoms with van der Waals surface area (Å²) in [5.74, 6) is -2.58. The van der Waals surface area contributed by atoms with Crippen molar-refractivity contribution in [2.75, 3.05) is 37.4 Å². The van der Waals surface area contributed by atoms with Gasteiger partial charge in [-0.15, -0.1) is 0 Å². The van der Waals surface area contributed by atoms with E-state index in [1.54, 1.807) is 32.6 Å². The van der Waals surface area contributed by atoms with Gasteiger partial charge in [0.2, 0.25) is 11.8 Å². The number of amides is 3. The van der Waals surface area contributed by atoms with E-state index in [1.807, 2.05) is 18.7 Å². The second kappa shape index (κ2) is 13.6. The Labute approximate surface area is 264 Å². The molecule has 0 unspecified atom stereocenters. The van der Waals surface area contributed by atoms with Gasteiger partial charge in [-0.25, -0.2) is 33.5 Å². The first-order chi connectivity index (χ1) is 21.6. The van der Waals surface area contributed by atoms with Gasteiger partial charge in [-0.1, -0.05) is 0 Å². The van der Waals surface area contributed by atoms with Crippen molar-refractivity contribution < 1.29 is 37.4 Å². The SMILES string of the molecule is COc1ncc(C(=O)N2CCN([C@@H](C)C(=O)Nc3cnc(Oc4ccc(F)cc4F)cn3)CC2(C)C)nc1NC(=O)OC(C)(C)C. The monoisotopic (exact) mass is 642 g/mol. The zero-order chi connectivity index (χ0) is 33.8. The summed E-state index contributed by atoms with van der Waals surface area (Å²) in [4.78, 5) is 59.1. The minimum absolute atomic E-state index is 0.00709. The fourth-order valence-corrected chi connectivity index (χ4v) is 4.65. The maximum Gasteiger partial charge on any atom is 0.413 e. The molecule has 0 aliphatic carbocycles. The van der Waals surface area contributed by atoms with Crippen molar-refractivity contribution >= 4 is 29.5 Å². The molecule has 1 atom stereocenters. The highest BCUT2D eigenvalue weighted by atomic mass is 19.1. The Hall–Kier alpha value is -4.99. The molecule has 1 aliphatic heterocycles. The highest BCUT2D eigenvalue weighted by molar-refractivity contribution is 5.95. The Morgan fingerprint density at radius 2 is 1.76 bits per heavy atom. The van der Waals surface area contributed by atoms with Crippen LogP contribution in [0, 0.1) is 11.6 Å². The molecule has 46 heavy (non-hydrogen) atoms. The molecule has 2 aromatic heterocycles. The number of ether oxygens (including phenoxy) is 3. The molecule has 1 aliphatic rings. The lowest BCUT2D eigenvalue weighted by Gasteiger charge is -2.48. The Morgan fingerprint density at radius 1 is 1.02 bits per heavy atom. The molecule has 0 radical (unpaired) electrons. The molecule has 1 saturated heterocycles. The third kappa shape index (κ3) is 8.38. The molecule has 0 bridgehead atoms. The zero-order valence-electron chi connectivity index (χ0n) is 26.6. The Morgan fingerprint density at radius 3 is 2.37 bits per heavy atom. The van der Waals surface area contributed by atoms with Crippen LogP contribution in [0.4, 0.5) is 25.2 Å². The number of hydrogen-bond donors (Lipinski definition) is 2. The first-order valence-corrected chi connectivity index (χ1v) is 14.3. The molecule has 14 nitrogen and oxygen atoms in total. The molecule has 3 heterocycles. The van der Waals surface area contributed by atoms with E-state index in [4.69, 9.17) is 14.2 Å². The first kappa shape index (κ1) is 33.9.